The Balaban J connectivity index is 1.08. The van der Waals surface area contributed by atoms with Crippen LogP contribution in [0.4, 0.5) is 5.69 Å². The summed E-state index contributed by atoms with van der Waals surface area (Å²) in [4.78, 5) is 13.4. The summed E-state index contributed by atoms with van der Waals surface area (Å²) in [6, 6.07) is 75.2. The molecule has 0 radical (unpaired) electrons. The SMILES string of the molecule is C=Cc1c(C=C)c(-c2cccc(C3=Nc4ccccc4CN3/C(=C(\C)c3ccccc3)c3ccccc3)c2)c2ccccc2c1-c1cccc(C(=C)n2c(-c3ccccc3C)nc(-c3ccccc3)c2C(/C=C\C)=C/C)c1. The number of aryl methyl sites for hydroxylation is 1. The lowest BCUT2D eigenvalue weighted by Crippen LogP contribution is -2.33. The zero-order chi connectivity index (χ0) is 53.0. The second kappa shape index (κ2) is 21.7. The van der Waals surface area contributed by atoms with Gasteiger partial charge in [-0.1, -0.05) is 244 Å². The maximum absolute atomic E-state index is 5.52. The van der Waals surface area contributed by atoms with Crippen molar-refractivity contribution in [3.05, 3.63) is 300 Å². The summed E-state index contributed by atoms with van der Waals surface area (Å²) >= 11 is 0. The molecule has 11 rings (SSSR count). The third-order valence-electron chi connectivity index (χ3n) is 14.8. The number of hydrogen-bond donors (Lipinski definition) is 0. The van der Waals surface area contributed by atoms with E-state index in [1.54, 1.807) is 0 Å². The molecule has 372 valence electrons. The molecule has 4 heteroatoms. The minimum absolute atomic E-state index is 0.658. The van der Waals surface area contributed by atoms with Crippen molar-refractivity contribution in [2.24, 2.45) is 4.99 Å². The summed E-state index contributed by atoms with van der Waals surface area (Å²) in [5.41, 5.74) is 21.9. The van der Waals surface area contributed by atoms with Gasteiger partial charge in [-0.05, 0) is 129 Å². The zero-order valence-corrected chi connectivity index (χ0v) is 44.2. The van der Waals surface area contributed by atoms with Crippen LogP contribution in [-0.4, -0.2) is 20.3 Å². The van der Waals surface area contributed by atoms with Crippen LogP contribution in [0.1, 0.15) is 71.0 Å². The van der Waals surface area contributed by atoms with E-state index in [2.05, 4.69) is 275 Å². The zero-order valence-electron chi connectivity index (χ0n) is 44.2. The Kier molecular flexibility index (Phi) is 14.0. The summed E-state index contributed by atoms with van der Waals surface area (Å²) in [6.45, 7) is 23.1. The average Bonchev–Trinajstić information content (AvgIpc) is 4.00. The van der Waals surface area contributed by atoms with Crippen LogP contribution in [0.3, 0.4) is 0 Å². The second-order valence-corrected chi connectivity index (χ2v) is 19.4. The Bertz CT molecular complexity index is 4030. The maximum atomic E-state index is 5.52. The normalized spacial score (nSPS) is 12.8. The van der Waals surface area contributed by atoms with E-state index in [1.165, 1.54) is 11.1 Å². The number of imidazole rings is 1. The molecule has 1 aliphatic heterocycles. The second-order valence-electron chi connectivity index (χ2n) is 19.4. The molecule has 0 unspecified atom stereocenters. The first-order valence-corrected chi connectivity index (χ1v) is 26.4. The molecule has 0 atom stereocenters. The fourth-order valence-corrected chi connectivity index (χ4v) is 11.1. The number of aliphatic imine (C=N–C) groups is 1. The van der Waals surface area contributed by atoms with E-state index in [1.807, 2.05) is 18.2 Å². The molecule has 4 nitrogen and oxygen atoms in total. The van der Waals surface area contributed by atoms with Crippen LogP contribution in [0.15, 0.2) is 255 Å². The van der Waals surface area contributed by atoms with Crippen molar-refractivity contribution in [1.82, 2.24) is 14.5 Å². The van der Waals surface area contributed by atoms with Gasteiger partial charge < -0.3 is 4.90 Å². The molecule has 0 bridgehead atoms. The van der Waals surface area contributed by atoms with Gasteiger partial charge in [-0.2, -0.15) is 0 Å². The predicted octanol–water partition coefficient (Wildman–Crippen LogP) is 19.3. The Hall–Kier alpha value is -9.64. The van der Waals surface area contributed by atoms with E-state index in [-0.39, 0.29) is 0 Å². The lowest BCUT2D eigenvalue weighted by molar-refractivity contribution is 0.570. The minimum Gasteiger partial charge on any atom is -0.321 e. The van der Waals surface area contributed by atoms with Crippen molar-refractivity contribution in [2.75, 3.05) is 0 Å². The molecule has 0 saturated heterocycles. The predicted molar refractivity (Wildman–Crippen MR) is 329 cm³/mol. The molecule has 0 amide bonds. The largest absolute Gasteiger partial charge is 0.321 e. The molecule has 0 fully saturated rings. The molecular formula is C73H60N4. The molecular weight excluding hydrogens is 933 g/mol. The number of aromatic nitrogens is 2. The summed E-state index contributed by atoms with van der Waals surface area (Å²) in [6.07, 6.45) is 10.4. The molecule has 1 aromatic heterocycles. The van der Waals surface area contributed by atoms with E-state index < -0.39 is 0 Å². The van der Waals surface area contributed by atoms with Gasteiger partial charge in [-0.25, -0.2) is 9.98 Å². The number of rotatable bonds is 14. The van der Waals surface area contributed by atoms with E-state index in [9.17, 15) is 0 Å². The fourth-order valence-electron chi connectivity index (χ4n) is 11.1. The molecule has 0 N–H and O–H groups in total. The Morgan fingerprint density at radius 3 is 1.75 bits per heavy atom. The van der Waals surface area contributed by atoms with Crippen molar-refractivity contribution >= 4 is 57.0 Å². The highest BCUT2D eigenvalue weighted by Crippen LogP contribution is 2.46. The van der Waals surface area contributed by atoms with Gasteiger partial charge in [0.2, 0.25) is 0 Å². The van der Waals surface area contributed by atoms with Crippen LogP contribution in [-0.2, 0) is 6.54 Å². The maximum Gasteiger partial charge on any atom is 0.146 e. The van der Waals surface area contributed by atoms with Crippen molar-refractivity contribution in [1.29, 1.82) is 0 Å². The van der Waals surface area contributed by atoms with Crippen molar-refractivity contribution < 1.29 is 0 Å². The summed E-state index contributed by atoms with van der Waals surface area (Å²) in [5, 5.41) is 2.21. The number of nitrogens with zero attached hydrogens (tertiary/aromatic N) is 4. The number of hydrogen-bond acceptors (Lipinski definition) is 3. The first-order valence-electron chi connectivity index (χ1n) is 26.4. The minimum atomic E-state index is 0.658. The van der Waals surface area contributed by atoms with Crippen LogP contribution in [0.25, 0.3) is 90.4 Å². The molecule has 77 heavy (non-hydrogen) atoms. The third-order valence-corrected chi connectivity index (χ3v) is 14.8. The van der Waals surface area contributed by atoms with Crippen LogP contribution in [0.2, 0.25) is 0 Å². The van der Waals surface area contributed by atoms with Gasteiger partial charge in [0.05, 0.1) is 29.3 Å². The van der Waals surface area contributed by atoms with Crippen LogP contribution in [0.5, 0.6) is 0 Å². The van der Waals surface area contributed by atoms with Crippen LogP contribution in [0, 0.1) is 6.92 Å². The molecule has 1 aliphatic rings. The quantitative estimate of drug-likeness (QED) is 0.0803. The average molecular weight is 993 g/mol. The van der Waals surface area contributed by atoms with E-state index >= 15 is 0 Å². The number of benzene rings is 9. The van der Waals surface area contributed by atoms with Crippen LogP contribution >= 0.6 is 0 Å². The van der Waals surface area contributed by atoms with Crippen molar-refractivity contribution in [3.8, 4) is 44.9 Å². The summed E-state index contributed by atoms with van der Waals surface area (Å²) < 4.78 is 2.26. The molecule has 10 aromatic rings. The molecule has 2 heterocycles. The highest BCUT2D eigenvalue weighted by atomic mass is 15.2. The van der Waals surface area contributed by atoms with E-state index in [0.717, 1.165) is 129 Å². The molecule has 0 aliphatic carbocycles. The lowest BCUT2D eigenvalue weighted by atomic mass is 9.83. The lowest BCUT2D eigenvalue weighted by Gasteiger charge is -2.34. The first-order chi connectivity index (χ1) is 37.8. The molecule has 0 spiro atoms. The van der Waals surface area contributed by atoms with Crippen LogP contribution < -0.4 is 0 Å². The smallest absolute Gasteiger partial charge is 0.146 e. The van der Waals surface area contributed by atoms with Gasteiger partial charge in [0.15, 0.2) is 0 Å². The number of para-hydroxylation sites is 1. The van der Waals surface area contributed by atoms with Crippen molar-refractivity contribution in [3.63, 3.8) is 0 Å². The highest BCUT2D eigenvalue weighted by molar-refractivity contribution is 6.14. The molecule has 0 saturated carbocycles. The summed E-state index contributed by atoms with van der Waals surface area (Å²) in [7, 11) is 0. The Morgan fingerprint density at radius 2 is 1.10 bits per heavy atom. The van der Waals surface area contributed by atoms with Gasteiger partial charge >= 0.3 is 0 Å². The van der Waals surface area contributed by atoms with E-state index in [4.69, 9.17) is 16.6 Å². The van der Waals surface area contributed by atoms with Gasteiger partial charge in [-0.15, -0.1) is 0 Å². The van der Waals surface area contributed by atoms with Gasteiger partial charge in [0, 0.05) is 22.4 Å². The van der Waals surface area contributed by atoms with Gasteiger partial charge in [0.25, 0.3) is 0 Å². The number of allylic oxidation sites excluding steroid dienone is 5. The standard InChI is InChI=1S/C73H60N4/c1-8-29-52(9-2)71-69(54-33-17-13-18-34-54)75-73(63-42-23-21-30-49(63)5)77(71)51(7)56-38-27-39-57(46-56)67-61(10-3)62(11-4)68(65-44-25-24-43-64(65)67)58-40-28-41-59(47-58)72-74-66-45-26-22-37-60(66)48-76(72)70(55-35-19-14-20-36-55)50(6)53-31-15-12-16-32-53/h8-47H,3-4,7,48H2,1-2,5-6H3/b29-8-,52-9+,70-50+. The summed E-state index contributed by atoms with van der Waals surface area (Å²) in [5.74, 6) is 1.72. The monoisotopic (exact) mass is 992 g/mol. The number of fused-ring (bicyclic) bond motifs is 2. The topological polar surface area (TPSA) is 33.4 Å². The van der Waals surface area contributed by atoms with E-state index in [0.29, 0.717) is 6.54 Å². The Morgan fingerprint density at radius 1 is 0.558 bits per heavy atom. The van der Waals surface area contributed by atoms with Crippen molar-refractivity contribution in [2.45, 2.75) is 34.2 Å². The fraction of sp³-hybridized carbons (Fsp3) is 0.0685. The first kappa shape index (κ1) is 49.6. The van der Waals surface area contributed by atoms with Gasteiger partial charge in [-0.3, -0.25) is 4.57 Å². The third kappa shape index (κ3) is 9.25. The van der Waals surface area contributed by atoms with Gasteiger partial charge in [0.1, 0.15) is 11.7 Å². The number of amidine groups is 1. The highest BCUT2D eigenvalue weighted by Gasteiger charge is 2.29. The Labute approximate surface area is 453 Å². The molecule has 9 aromatic carbocycles.